The van der Waals surface area contributed by atoms with E-state index in [1.54, 1.807) is 0 Å². The zero-order valence-electron chi connectivity index (χ0n) is 18.7. The molecule has 0 aliphatic carbocycles. The topological polar surface area (TPSA) is 174 Å². The minimum Gasteiger partial charge on any atom is -0.481 e. The Kier molecular flexibility index (Phi) is 13.9. The van der Waals surface area contributed by atoms with Crippen molar-refractivity contribution in [3.8, 4) is 0 Å². The molecule has 188 valence electrons. The molecule has 1 heterocycles. The number of carboxylic acids is 2. The summed E-state index contributed by atoms with van der Waals surface area (Å²) in [5, 5.41) is 57.0. The van der Waals surface area contributed by atoms with E-state index in [1.165, 1.54) is 25.7 Å². The zero-order valence-corrected chi connectivity index (χ0v) is 18.7. The first-order chi connectivity index (χ1) is 15.2. The van der Waals surface area contributed by atoms with E-state index in [4.69, 9.17) is 19.7 Å². The Bertz CT molecular complexity index is 543. The minimum absolute atomic E-state index is 0.00911. The number of carbonyl (C=O) groups is 2. The van der Waals surface area contributed by atoms with Crippen molar-refractivity contribution < 1.29 is 49.7 Å². The number of ether oxygens (including phenoxy) is 2. The van der Waals surface area contributed by atoms with Crippen LogP contribution in [0.25, 0.3) is 0 Å². The lowest BCUT2D eigenvalue weighted by atomic mass is 9.97. The van der Waals surface area contributed by atoms with Gasteiger partial charge in [-0.15, -0.1) is 0 Å². The van der Waals surface area contributed by atoms with Crippen molar-refractivity contribution in [3.05, 3.63) is 0 Å². The highest BCUT2D eigenvalue weighted by atomic mass is 16.8. The number of unbranched alkanes of at least 4 members (excludes halogenated alkanes) is 12. The fourth-order valence-electron chi connectivity index (χ4n) is 3.76. The molecule has 1 fully saturated rings. The first kappa shape index (κ1) is 28.7. The third-order valence-corrected chi connectivity index (χ3v) is 5.74. The van der Waals surface area contributed by atoms with E-state index in [9.17, 15) is 30.0 Å². The van der Waals surface area contributed by atoms with Crippen LogP contribution in [0.1, 0.15) is 89.9 Å². The molecule has 5 atom stereocenters. The number of hydrogen-bond donors (Lipinski definition) is 6. The highest BCUT2D eigenvalue weighted by Gasteiger charge is 2.56. The molecule has 1 saturated heterocycles. The fraction of sp³-hybridized carbons (Fsp3) is 0.909. The van der Waals surface area contributed by atoms with E-state index >= 15 is 0 Å². The minimum atomic E-state index is -2.68. The first-order valence-electron chi connectivity index (χ1n) is 11.7. The first-order valence-corrected chi connectivity index (χ1v) is 11.7. The lowest BCUT2D eigenvalue weighted by molar-refractivity contribution is -0.442. The molecule has 1 rings (SSSR count). The van der Waals surface area contributed by atoms with Crippen LogP contribution in [-0.4, -0.2) is 79.6 Å². The van der Waals surface area contributed by atoms with Crippen molar-refractivity contribution in [2.24, 2.45) is 0 Å². The van der Waals surface area contributed by atoms with E-state index < -0.39 is 42.3 Å². The molecule has 0 bridgehead atoms. The number of aliphatic carboxylic acids is 2. The van der Waals surface area contributed by atoms with Crippen molar-refractivity contribution in [3.63, 3.8) is 0 Å². The summed E-state index contributed by atoms with van der Waals surface area (Å²) < 4.78 is 9.93. The van der Waals surface area contributed by atoms with Crippen LogP contribution in [0.4, 0.5) is 0 Å². The molecular weight excluding hydrogens is 424 g/mol. The summed E-state index contributed by atoms with van der Waals surface area (Å²) in [5.74, 6) is -4.99. The smallest absolute Gasteiger partial charge is 0.335 e. The van der Waals surface area contributed by atoms with Gasteiger partial charge >= 0.3 is 17.9 Å². The van der Waals surface area contributed by atoms with Gasteiger partial charge in [0, 0.05) is 6.42 Å². The van der Waals surface area contributed by atoms with Crippen LogP contribution in [-0.2, 0) is 19.1 Å². The van der Waals surface area contributed by atoms with Crippen molar-refractivity contribution in [2.45, 2.75) is 120 Å². The van der Waals surface area contributed by atoms with Crippen LogP contribution in [0.3, 0.4) is 0 Å². The summed E-state index contributed by atoms with van der Waals surface area (Å²) in [7, 11) is 0. The summed E-state index contributed by atoms with van der Waals surface area (Å²) in [6.07, 6.45) is 5.93. The lowest BCUT2D eigenvalue weighted by Gasteiger charge is -2.43. The van der Waals surface area contributed by atoms with Gasteiger partial charge < -0.3 is 40.1 Å². The molecule has 1 aliphatic heterocycles. The SMILES string of the molecule is O=C(O)CCCCCCCCCCCCCCCO[C@@]1(O)O[C@H](C(=O)O)[C@@H](O)[C@H](O)[C@H]1O. The molecular formula is C22H40O10. The van der Waals surface area contributed by atoms with Crippen LogP contribution >= 0.6 is 0 Å². The maximum atomic E-state index is 11.1. The van der Waals surface area contributed by atoms with Crippen molar-refractivity contribution in [1.29, 1.82) is 0 Å². The van der Waals surface area contributed by atoms with Gasteiger partial charge in [0.25, 0.3) is 0 Å². The normalized spacial score (nSPS) is 28.0. The summed E-state index contributed by atoms with van der Waals surface area (Å²) in [6, 6.07) is 0. The van der Waals surface area contributed by atoms with E-state index in [-0.39, 0.29) is 13.0 Å². The van der Waals surface area contributed by atoms with E-state index in [1.807, 2.05) is 0 Å². The maximum Gasteiger partial charge on any atom is 0.335 e. The van der Waals surface area contributed by atoms with Gasteiger partial charge in [-0.25, -0.2) is 4.79 Å². The van der Waals surface area contributed by atoms with E-state index in [0.29, 0.717) is 6.42 Å². The molecule has 10 heteroatoms. The molecule has 0 aromatic carbocycles. The zero-order chi connectivity index (χ0) is 24.0. The monoisotopic (exact) mass is 464 g/mol. The number of rotatable bonds is 18. The predicted octanol–water partition coefficient (Wildman–Crippen LogP) is 1.76. The summed E-state index contributed by atoms with van der Waals surface area (Å²) in [6.45, 7) is 0.00911. The largest absolute Gasteiger partial charge is 0.481 e. The lowest BCUT2D eigenvalue weighted by Crippen LogP contribution is -2.67. The van der Waals surface area contributed by atoms with Crippen molar-refractivity contribution >= 4 is 11.9 Å². The van der Waals surface area contributed by atoms with Gasteiger partial charge in [-0.3, -0.25) is 4.79 Å². The molecule has 32 heavy (non-hydrogen) atoms. The molecule has 0 radical (unpaired) electrons. The molecule has 0 saturated carbocycles. The Hall–Kier alpha value is -1.30. The Balaban J connectivity index is 2.00. The van der Waals surface area contributed by atoms with Crippen LogP contribution in [0.5, 0.6) is 0 Å². The Labute approximate surface area is 189 Å². The molecule has 1 aliphatic rings. The maximum absolute atomic E-state index is 11.1. The molecule has 0 unspecified atom stereocenters. The van der Waals surface area contributed by atoms with Gasteiger partial charge in [-0.2, -0.15) is 0 Å². The molecule has 0 aromatic heterocycles. The highest BCUT2D eigenvalue weighted by Crippen LogP contribution is 2.29. The highest BCUT2D eigenvalue weighted by molar-refractivity contribution is 5.73. The van der Waals surface area contributed by atoms with Crippen molar-refractivity contribution in [1.82, 2.24) is 0 Å². The van der Waals surface area contributed by atoms with E-state index in [0.717, 1.165) is 51.4 Å². The molecule has 0 amide bonds. The van der Waals surface area contributed by atoms with Gasteiger partial charge in [0.2, 0.25) is 0 Å². The third kappa shape index (κ3) is 10.5. The Morgan fingerprint density at radius 1 is 0.719 bits per heavy atom. The van der Waals surface area contributed by atoms with Crippen LogP contribution in [0, 0.1) is 0 Å². The van der Waals surface area contributed by atoms with Gasteiger partial charge in [0.1, 0.15) is 12.2 Å². The second kappa shape index (κ2) is 15.5. The average Bonchev–Trinajstić information content (AvgIpc) is 2.74. The summed E-state index contributed by atoms with van der Waals surface area (Å²) in [4.78, 5) is 21.5. The van der Waals surface area contributed by atoms with Crippen LogP contribution in [0.2, 0.25) is 0 Å². The molecule has 6 N–H and O–H groups in total. The number of hydrogen-bond acceptors (Lipinski definition) is 8. The molecule has 10 nitrogen and oxygen atoms in total. The Morgan fingerprint density at radius 3 is 1.59 bits per heavy atom. The quantitative estimate of drug-likeness (QED) is 0.129. The predicted molar refractivity (Wildman–Crippen MR) is 114 cm³/mol. The third-order valence-electron chi connectivity index (χ3n) is 5.74. The van der Waals surface area contributed by atoms with Gasteiger partial charge in [0.15, 0.2) is 12.2 Å². The summed E-state index contributed by atoms with van der Waals surface area (Å²) >= 11 is 0. The summed E-state index contributed by atoms with van der Waals surface area (Å²) in [5.41, 5.74) is 0. The molecule has 0 spiro atoms. The van der Waals surface area contributed by atoms with Gasteiger partial charge in [-0.1, -0.05) is 70.6 Å². The standard InChI is InChI=1S/C22H40O10/c23-16(24)14-12-10-8-6-4-2-1-3-5-7-9-11-13-15-31-22(30)20(27)18(26)17(25)19(32-22)21(28)29/h17-20,25-27,30H,1-15H2,(H,23,24)(H,28,29)/t17-,18-,19-,20+,22+/m0/s1. The van der Waals surface area contributed by atoms with E-state index in [2.05, 4.69) is 0 Å². The van der Waals surface area contributed by atoms with Gasteiger partial charge in [-0.05, 0) is 12.8 Å². The second-order valence-corrected chi connectivity index (χ2v) is 8.52. The van der Waals surface area contributed by atoms with Crippen molar-refractivity contribution in [2.75, 3.05) is 6.61 Å². The van der Waals surface area contributed by atoms with Gasteiger partial charge in [0.05, 0.1) is 6.61 Å². The van der Waals surface area contributed by atoms with Crippen LogP contribution < -0.4 is 0 Å². The fourth-order valence-corrected chi connectivity index (χ4v) is 3.76. The van der Waals surface area contributed by atoms with Crippen LogP contribution in [0.15, 0.2) is 0 Å². The number of aliphatic hydroxyl groups excluding tert-OH is 3. The average molecular weight is 465 g/mol. The number of carboxylic acid groups (broad SMARTS) is 2. The number of aliphatic hydroxyl groups is 4. The second-order valence-electron chi connectivity index (χ2n) is 8.52. The molecule has 0 aromatic rings. The Morgan fingerprint density at radius 2 is 1.16 bits per heavy atom.